The van der Waals surface area contributed by atoms with Gasteiger partial charge in [-0.25, -0.2) is 0 Å². The summed E-state index contributed by atoms with van der Waals surface area (Å²) in [6, 6.07) is 17.1. The molecule has 0 amide bonds. The first-order chi connectivity index (χ1) is 12.7. The second kappa shape index (κ2) is 8.53. The number of halogens is 1. The van der Waals surface area contributed by atoms with Gasteiger partial charge in [0.05, 0.1) is 7.11 Å². The van der Waals surface area contributed by atoms with Gasteiger partial charge in [-0.3, -0.25) is 4.90 Å². The van der Waals surface area contributed by atoms with E-state index in [0.717, 1.165) is 25.3 Å². The van der Waals surface area contributed by atoms with Crippen LogP contribution in [-0.2, 0) is 11.8 Å². The van der Waals surface area contributed by atoms with Crippen molar-refractivity contribution >= 4 is 12.4 Å². The quantitative estimate of drug-likeness (QED) is 0.787. The van der Waals surface area contributed by atoms with Gasteiger partial charge in [0.15, 0.2) is 0 Å². The van der Waals surface area contributed by atoms with Crippen LogP contribution in [0.25, 0.3) is 0 Å². The van der Waals surface area contributed by atoms with Gasteiger partial charge in [-0.2, -0.15) is 0 Å². The van der Waals surface area contributed by atoms with Gasteiger partial charge in [-0.1, -0.05) is 30.7 Å². The molecule has 1 saturated heterocycles. The van der Waals surface area contributed by atoms with Crippen LogP contribution in [0.2, 0.25) is 0 Å². The fourth-order valence-electron chi connectivity index (χ4n) is 5.01. The first-order valence-electron chi connectivity index (χ1n) is 9.85. The number of aromatic hydroxyl groups is 1. The molecule has 0 radical (unpaired) electrons. The predicted molar refractivity (Wildman–Crippen MR) is 112 cm³/mol. The fraction of sp³-hybridized carbons (Fsp3) is 0.478. The van der Waals surface area contributed by atoms with Crippen LogP contribution >= 0.6 is 12.4 Å². The lowest BCUT2D eigenvalue weighted by Crippen LogP contribution is -2.52. The molecule has 2 aromatic carbocycles. The number of nitrogens with zero attached hydrogens (tertiary/aromatic N) is 1. The Labute approximate surface area is 168 Å². The van der Waals surface area contributed by atoms with E-state index < -0.39 is 0 Å². The maximum Gasteiger partial charge on any atom is 0.118 e. The SMILES string of the molecule is COc1ccc(CCN2CC[C@@]3(c4cccc(O)c4)CCC[C@@H]2C3)cc1.Cl. The largest absolute Gasteiger partial charge is 0.508 e. The first kappa shape index (κ1) is 20.0. The molecule has 146 valence electrons. The van der Waals surface area contributed by atoms with Crippen LogP contribution in [0.3, 0.4) is 0 Å². The van der Waals surface area contributed by atoms with Crippen LogP contribution in [0, 0.1) is 0 Å². The number of benzene rings is 2. The maximum atomic E-state index is 9.92. The zero-order valence-corrected chi connectivity index (χ0v) is 16.9. The number of phenolic OH excluding ortho intramolecular Hbond substituents is 1. The van der Waals surface area contributed by atoms with Gasteiger partial charge in [0, 0.05) is 12.6 Å². The number of hydrogen-bond acceptors (Lipinski definition) is 3. The highest BCUT2D eigenvalue weighted by molar-refractivity contribution is 5.85. The Hall–Kier alpha value is -1.71. The molecule has 1 saturated carbocycles. The van der Waals surface area contributed by atoms with Gasteiger partial charge in [0.2, 0.25) is 0 Å². The van der Waals surface area contributed by atoms with E-state index in [4.69, 9.17) is 4.74 Å². The number of piperidine rings is 1. The average Bonchev–Trinajstić information content (AvgIpc) is 2.68. The Kier molecular flexibility index (Phi) is 6.33. The fourth-order valence-corrected chi connectivity index (χ4v) is 5.01. The highest BCUT2D eigenvalue weighted by Crippen LogP contribution is 2.47. The number of fused-ring (bicyclic) bond motifs is 2. The van der Waals surface area contributed by atoms with Crippen molar-refractivity contribution in [2.75, 3.05) is 20.2 Å². The summed E-state index contributed by atoms with van der Waals surface area (Å²) in [5.41, 5.74) is 3.00. The van der Waals surface area contributed by atoms with E-state index in [0.29, 0.717) is 11.8 Å². The molecule has 2 fully saturated rings. The lowest BCUT2D eigenvalue weighted by molar-refractivity contribution is 0.0524. The van der Waals surface area contributed by atoms with Crippen LogP contribution in [0.15, 0.2) is 48.5 Å². The van der Waals surface area contributed by atoms with Gasteiger partial charge in [0.25, 0.3) is 0 Å². The van der Waals surface area contributed by atoms with E-state index in [2.05, 4.69) is 35.2 Å². The van der Waals surface area contributed by atoms with Crippen molar-refractivity contribution in [2.24, 2.45) is 0 Å². The first-order valence-corrected chi connectivity index (χ1v) is 9.85. The molecule has 4 heteroatoms. The number of ether oxygens (including phenoxy) is 1. The molecule has 2 atom stereocenters. The van der Waals surface area contributed by atoms with E-state index in [1.54, 1.807) is 13.2 Å². The summed E-state index contributed by atoms with van der Waals surface area (Å²) in [6.07, 6.45) is 7.40. The lowest BCUT2D eigenvalue weighted by Gasteiger charge is -2.51. The van der Waals surface area contributed by atoms with Gasteiger partial charge in [-0.05, 0) is 79.5 Å². The van der Waals surface area contributed by atoms with Gasteiger partial charge in [-0.15, -0.1) is 12.4 Å². The molecular formula is C23H30ClNO2. The summed E-state index contributed by atoms with van der Waals surface area (Å²) in [7, 11) is 1.71. The van der Waals surface area contributed by atoms with E-state index >= 15 is 0 Å². The van der Waals surface area contributed by atoms with Crippen molar-refractivity contribution < 1.29 is 9.84 Å². The van der Waals surface area contributed by atoms with E-state index in [1.807, 2.05) is 12.1 Å². The zero-order chi connectivity index (χ0) is 18.0. The van der Waals surface area contributed by atoms with E-state index in [1.165, 1.54) is 43.2 Å². The molecule has 0 unspecified atom stereocenters. The maximum absolute atomic E-state index is 9.92. The lowest BCUT2D eigenvalue weighted by atomic mass is 9.63. The zero-order valence-electron chi connectivity index (χ0n) is 16.1. The third-order valence-corrected chi connectivity index (χ3v) is 6.52. The Morgan fingerprint density at radius 3 is 2.70 bits per heavy atom. The highest BCUT2D eigenvalue weighted by Gasteiger charge is 2.43. The summed E-state index contributed by atoms with van der Waals surface area (Å²) in [4.78, 5) is 2.70. The van der Waals surface area contributed by atoms with Crippen LogP contribution in [0.4, 0.5) is 0 Å². The minimum absolute atomic E-state index is 0. The number of likely N-dealkylation sites (tertiary alicyclic amines) is 1. The number of methoxy groups -OCH3 is 1. The van der Waals surface area contributed by atoms with Crippen molar-refractivity contribution in [1.82, 2.24) is 4.90 Å². The highest BCUT2D eigenvalue weighted by atomic mass is 35.5. The molecular weight excluding hydrogens is 358 g/mol. The molecule has 27 heavy (non-hydrogen) atoms. The third kappa shape index (κ3) is 4.25. The molecule has 2 bridgehead atoms. The Morgan fingerprint density at radius 2 is 1.96 bits per heavy atom. The van der Waals surface area contributed by atoms with Gasteiger partial charge >= 0.3 is 0 Å². The smallest absolute Gasteiger partial charge is 0.118 e. The Balaban J connectivity index is 0.00000210. The average molecular weight is 388 g/mol. The molecule has 1 N–H and O–H groups in total. The molecule has 3 nitrogen and oxygen atoms in total. The normalized spacial score (nSPS) is 24.9. The number of hydrogen-bond donors (Lipinski definition) is 1. The van der Waals surface area contributed by atoms with Crippen LogP contribution < -0.4 is 4.74 Å². The Morgan fingerprint density at radius 1 is 1.15 bits per heavy atom. The Bertz CT molecular complexity index is 748. The van der Waals surface area contributed by atoms with Crippen molar-refractivity contribution in [2.45, 2.75) is 50.0 Å². The molecule has 0 spiro atoms. The number of rotatable bonds is 5. The van der Waals surface area contributed by atoms with E-state index in [-0.39, 0.29) is 17.8 Å². The third-order valence-electron chi connectivity index (χ3n) is 6.52. The van der Waals surface area contributed by atoms with Crippen molar-refractivity contribution in [3.05, 3.63) is 59.7 Å². The molecule has 1 heterocycles. The monoisotopic (exact) mass is 387 g/mol. The minimum Gasteiger partial charge on any atom is -0.508 e. The second-order valence-electron chi connectivity index (χ2n) is 7.96. The molecule has 2 aromatic rings. The van der Waals surface area contributed by atoms with Crippen molar-refractivity contribution in [3.63, 3.8) is 0 Å². The van der Waals surface area contributed by atoms with Crippen LogP contribution in [-0.4, -0.2) is 36.2 Å². The van der Waals surface area contributed by atoms with E-state index in [9.17, 15) is 5.11 Å². The molecule has 2 aliphatic rings. The summed E-state index contributed by atoms with van der Waals surface area (Å²) in [5, 5.41) is 9.92. The molecule has 1 aliphatic carbocycles. The second-order valence-corrected chi connectivity index (χ2v) is 7.96. The number of phenols is 1. The topological polar surface area (TPSA) is 32.7 Å². The van der Waals surface area contributed by atoms with Crippen LogP contribution in [0.1, 0.15) is 43.2 Å². The van der Waals surface area contributed by atoms with Gasteiger partial charge < -0.3 is 9.84 Å². The minimum atomic E-state index is 0. The molecule has 4 rings (SSSR count). The summed E-state index contributed by atoms with van der Waals surface area (Å²) in [6.45, 7) is 2.30. The summed E-state index contributed by atoms with van der Waals surface area (Å²) < 4.78 is 5.25. The standard InChI is InChI=1S/C23H29NO2.ClH/c1-26-22-9-7-18(8-10-22)11-14-24-15-13-23(12-3-5-20(24)17-23)19-4-2-6-21(25)16-19;/h2,4,6-10,16,20,25H,3,5,11-15,17H2,1H3;1H/t20-,23+;/m1./s1. The predicted octanol–water partition coefficient (Wildman–Crippen LogP) is 4.95. The summed E-state index contributed by atoms with van der Waals surface area (Å²) in [5.74, 6) is 1.33. The molecule has 0 aromatic heterocycles. The van der Waals surface area contributed by atoms with Crippen LogP contribution in [0.5, 0.6) is 11.5 Å². The molecule has 1 aliphatic heterocycles. The van der Waals surface area contributed by atoms with Gasteiger partial charge in [0.1, 0.15) is 11.5 Å². The summed E-state index contributed by atoms with van der Waals surface area (Å²) >= 11 is 0. The van der Waals surface area contributed by atoms with Crippen molar-refractivity contribution in [3.8, 4) is 11.5 Å². The van der Waals surface area contributed by atoms with Crippen molar-refractivity contribution in [1.29, 1.82) is 0 Å².